The maximum atomic E-state index is 10.7. The third kappa shape index (κ3) is 2.96. The Hall–Kier alpha value is -1.96. The molecule has 0 fully saturated rings. The average Bonchev–Trinajstić information content (AvgIpc) is 2.37. The molecule has 0 spiro atoms. The molecule has 2 rings (SSSR count). The molecule has 0 aliphatic carbocycles. The van der Waals surface area contributed by atoms with E-state index in [-0.39, 0.29) is 22.3 Å². The van der Waals surface area contributed by atoms with E-state index in [1.165, 1.54) is 0 Å². The summed E-state index contributed by atoms with van der Waals surface area (Å²) in [5.41, 5.74) is 2.80. The summed E-state index contributed by atoms with van der Waals surface area (Å²) in [5, 5.41) is 21.4. The molecule has 0 saturated carbocycles. The lowest BCUT2D eigenvalue weighted by Gasteiger charge is -2.24. The molecule has 2 nitrogen and oxygen atoms in total. The first kappa shape index (κ1) is 16.4. The van der Waals surface area contributed by atoms with Crippen molar-refractivity contribution in [1.82, 2.24) is 0 Å². The second-order valence-corrected chi connectivity index (χ2v) is 7.90. The number of phenolic OH excluding ortho intramolecular Hbond substituents is 2. The Bertz CT molecular complexity index is 624. The summed E-state index contributed by atoms with van der Waals surface area (Å²) in [6, 6.07) is 11.4. The normalized spacial score (nSPS) is 12.5. The predicted molar refractivity (Wildman–Crippen MR) is 92.6 cm³/mol. The molecule has 118 valence electrons. The summed E-state index contributed by atoms with van der Waals surface area (Å²) in [6.45, 7) is 12.4. The molecule has 2 aromatic carbocycles. The summed E-state index contributed by atoms with van der Waals surface area (Å²) in [6.07, 6.45) is 0. The number of aromatic hydroxyl groups is 2. The summed E-state index contributed by atoms with van der Waals surface area (Å²) < 4.78 is 0. The highest BCUT2D eigenvalue weighted by Crippen LogP contribution is 2.44. The lowest BCUT2D eigenvalue weighted by Crippen LogP contribution is -2.12. The SMILES string of the molecule is CC(C)(C)c1cccc(-c2cccc(C(C)(C)C)c2O)c1O. The number of hydrogen-bond donors (Lipinski definition) is 2. The summed E-state index contributed by atoms with van der Waals surface area (Å²) in [7, 11) is 0. The van der Waals surface area contributed by atoms with Gasteiger partial charge in [0.2, 0.25) is 0 Å². The van der Waals surface area contributed by atoms with Crippen LogP contribution in [0.2, 0.25) is 0 Å². The molecule has 0 aliphatic rings. The summed E-state index contributed by atoms with van der Waals surface area (Å²) >= 11 is 0. The lowest BCUT2D eigenvalue weighted by atomic mass is 9.82. The van der Waals surface area contributed by atoms with E-state index in [9.17, 15) is 10.2 Å². The van der Waals surface area contributed by atoms with Gasteiger partial charge in [0, 0.05) is 11.1 Å². The van der Waals surface area contributed by atoms with Crippen LogP contribution in [-0.4, -0.2) is 10.2 Å². The molecule has 0 aliphatic heterocycles. The first-order valence-corrected chi connectivity index (χ1v) is 7.69. The van der Waals surface area contributed by atoms with Crippen molar-refractivity contribution in [2.24, 2.45) is 0 Å². The van der Waals surface area contributed by atoms with E-state index in [1.54, 1.807) is 0 Å². The Kier molecular flexibility index (Phi) is 3.99. The molecular formula is C20H26O2. The second kappa shape index (κ2) is 5.35. The zero-order valence-electron chi connectivity index (χ0n) is 14.4. The Morgan fingerprint density at radius 1 is 0.591 bits per heavy atom. The molecule has 2 aromatic rings. The van der Waals surface area contributed by atoms with E-state index in [1.807, 2.05) is 36.4 Å². The van der Waals surface area contributed by atoms with E-state index in [0.29, 0.717) is 11.1 Å². The zero-order valence-corrected chi connectivity index (χ0v) is 14.4. The van der Waals surface area contributed by atoms with Crippen LogP contribution in [0.15, 0.2) is 36.4 Å². The fourth-order valence-electron chi connectivity index (χ4n) is 2.73. The van der Waals surface area contributed by atoms with Gasteiger partial charge in [-0.05, 0) is 22.0 Å². The summed E-state index contributed by atoms with van der Waals surface area (Å²) in [5.74, 6) is 0.493. The molecule has 0 saturated heterocycles. The monoisotopic (exact) mass is 298 g/mol. The van der Waals surface area contributed by atoms with Crippen molar-refractivity contribution >= 4 is 0 Å². The van der Waals surface area contributed by atoms with Gasteiger partial charge < -0.3 is 10.2 Å². The minimum atomic E-state index is -0.155. The molecule has 22 heavy (non-hydrogen) atoms. The van der Waals surface area contributed by atoms with Crippen molar-refractivity contribution < 1.29 is 10.2 Å². The van der Waals surface area contributed by atoms with E-state index in [4.69, 9.17) is 0 Å². The van der Waals surface area contributed by atoms with Crippen molar-refractivity contribution in [3.05, 3.63) is 47.5 Å². The van der Waals surface area contributed by atoms with Gasteiger partial charge in [0.05, 0.1) is 0 Å². The number of benzene rings is 2. The molecule has 0 radical (unpaired) electrons. The summed E-state index contributed by atoms with van der Waals surface area (Å²) in [4.78, 5) is 0. The first-order chi connectivity index (χ1) is 10.0. The quantitative estimate of drug-likeness (QED) is 0.744. The molecule has 0 heterocycles. The molecule has 0 unspecified atom stereocenters. The highest BCUT2D eigenvalue weighted by Gasteiger charge is 2.24. The Morgan fingerprint density at radius 3 is 1.18 bits per heavy atom. The van der Waals surface area contributed by atoms with E-state index < -0.39 is 0 Å². The fraction of sp³-hybridized carbons (Fsp3) is 0.400. The minimum Gasteiger partial charge on any atom is -0.507 e. The van der Waals surface area contributed by atoms with Crippen LogP contribution in [0.3, 0.4) is 0 Å². The van der Waals surface area contributed by atoms with Crippen LogP contribution < -0.4 is 0 Å². The highest BCUT2D eigenvalue weighted by molar-refractivity contribution is 5.78. The van der Waals surface area contributed by atoms with Gasteiger partial charge in [0.15, 0.2) is 0 Å². The average molecular weight is 298 g/mol. The molecule has 0 amide bonds. The predicted octanol–water partition coefficient (Wildman–Crippen LogP) is 5.36. The van der Waals surface area contributed by atoms with Crippen LogP contribution in [0.25, 0.3) is 11.1 Å². The van der Waals surface area contributed by atoms with Gasteiger partial charge >= 0.3 is 0 Å². The van der Waals surface area contributed by atoms with Gasteiger partial charge in [-0.1, -0.05) is 77.9 Å². The first-order valence-electron chi connectivity index (χ1n) is 7.69. The van der Waals surface area contributed by atoms with Crippen molar-refractivity contribution in [2.45, 2.75) is 52.4 Å². The largest absolute Gasteiger partial charge is 0.507 e. The Labute approximate surface area is 133 Å². The standard InChI is InChI=1S/C20H26O2/c1-19(2,3)15-11-7-9-13(17(15)21)14-10-8-12-16(18(14)22)20(4,5)6/h7-12,21-22H,1-6H3. The maximum absolute atomic E-state index is 10.7. The Morgan fingerprint density at radius 2 is 0.909 bits per heavy atom. The zero-order chi connectivity index (χ0) is 16.7. The van der Waals surface area contributed by atoms with Crippen LogP contribution in [0.1, 0.15) is 52.7 Å². The topological polar surface area (TPSA) is 40.5 Å². The van der Waals surface area contributed by atoms with Crippen molar-refractivity contribution in [2.75, 3.05) is 0 Å². The third-order valence-electron chi connectivity index (χ3n) is 3.98. The molecule has 0 bridgehead atoms. The van der Waals surface area contributed by atoms with E-state index >= 15 is 0 Å². The van der Waals surface area contributed by atoms with Crippen LogP contribution >= 0.6 is 0 Å². The van der Waals surface area contributed by atoms with Crippen LogP contribution in [0.4, 0.5) is 0 Å². The van der Waals surface area contributed by atoms with Gasteiger partial charge in [-0.15, -0.1) is 0 Å². The molecule has 0 aromatic heterocycles. The van der Waals surface area contributed by atoms with Gasteiger partial charge in [-0.2, -0.15) is 0 Å². The third-order valence-corrected chi connectivity index (χ3v) is 3.98. The highest BCUT2D eigenvalue weighted by atomic mass is 16.3. The van der Waals surface area contributed by atoms with E-state index in [2.05, 4.69) is 41.5 Å². The lowest BCUT2D eigenvalue weighted by molar-refractivity contribution is 0.440. The van der Waals surface area contributed by atoms with Crippen molar-refractivity contribution in [1.29, 1.82) is 0 Å². The fourth-order valence-corrected chi connectivity index (χ4v) is 2.73. The van der Waals surface area contributed by atoms with Crippen LogP contribution in [-0.2, 0) is 10.8 Å². The van der Waals surface area contributed by atoms with Gasteiger partial charge in [0.1, 0.15) is 11.5 Å². The number of para-hydroxylation sites is 2. The van der Waals surface area contributed by atoms with Crippen LogP contribution in [0.5, 0.6) is 11.5 Å². The smallest absolute Gasteiger partial charge is 0.127 e. The van der Waals surface area contributed by atoms with Gasteiger partial charge in [-0.25, -0.2) is 0 Å². The molecular weight excluding hydrogens is 272 g/mol. The molecule has 0 atom stereocenters. The number of phenols is 2. The molecule has 2 N–H and O–H groups in total. The Balaban J connectivity index is 2.69. The number of rotatable bonds is 1. The number of hydrogen-bond acceptors (Lipinski definition) is 2. The maximum Gasteiger partial charge on any atom is 0.127 e. The van der Waals surface area contributed by atoms with E-state index in [0.717, 1.165) is 11.1 Å². The molecule has 2 heteroatoms. The van der Waals surface area contributed by atoms with Crippen molar-refractivity contribution in [3.63, 3.8) is 0 Å². The minimum absolute atomic E-state index is 0.155. The van der Waals surface area contributed by atoms with Crippen molar-refractivity contribution in [3.8, 4) is 22.6 Å². The van der Waals surface area contributed by atoms with Gasteiger partial charge in [-0.3, -0.25) is 0 Å². The van der Waals surface area contributed by atoms with Crippen LogP contribution in [0, 0.1) is 0 Å². The van der Waals surface area contributed by atoms with Gasteiger partial charge in [0.25, 0.3) is 0 Å². The second-order valence-electron chi connectivity index (χ2n) is 7.90.